The van der Waals surface area contributed by atoms with Gasteiger partial charge in [-0.15, -0.1) is 10.2 Å². The zero-order valence-electron chi connectivity index (χ0n) is 17.7. The lowest BCUT2D eigenvalue weighted by Crippen LogP contribution is -2.04. The summed E-state index contributed by atoms with van der Waals surface area (Å²) in [5.74, 6) is -0.539. The van der Waals surface area contributed by atoms with E-state index in [1.54, 1.807) is 24.3 Å². The van der Waals surface area contributed by atoms with Crippen molar-refractivity contribution >= 4 is 63.0 Å². The first-order chi connectivity index (χ1) is 16.2. The van der Waals surface area contributed by atoms with Gasteiger partial charge >= 0.3 is 0 Å². The Kier molecular flexibility index (Phi) is 5.89. The molecule has 35 heavy (non-hydrogen) atoms. The highest BCUT2D eigenvalue weighted by Gasteiger charge is 2.24. The van der Waals surface area contributed by atoms with Crippen LogP contribution in [0.5, 0.6) is 5.75 Å². The van der Waals surface area contributed by atoms with Crippen LogP contribution in [-0.2, 0) is 30.1 Å². The van der Waals surface area contributed by atoms with E-state index in [0.29, 0.717) is 16.8 Å². The summed E-state index contributed by atoms with van der Waals surface area (Å²) in [5, 5.41) is 18.7. The molecule has 0 heterocycles. The number of hydrogen-bond acceptors (Lipinski definition) is 9. The molecule has 0 aliphatic heterocycles. The monoisotopic (exact) mass is 536 g/mol. The number of azo groups is 1. The third-order valence-corrected chi connectivity index (χ3v) is 7.96. The molecule has 0 saturated heterocycles. The van der Waals surface area contributed by atoms with Crippen molar-refractivity contribution in [2.24, 2.45) is 10.2 Å². The second kappa shape index (κ2) is 8.35. The summed E-state index contributed by atoms with van der Waals surface area (Å²) in [6.07, 6.45) is 1.06. The molecule has 4 rings (SSSR count). The van der Waals surface area contributed by atoms with Gasteiger partial charge in [0.25, 0.3) is 20.2 Å². The van der Waals surface area contributed by atoms with E-state index in [1.807, 2.05) is 0 Å². The zero-order chi connectivity index (χ0) is 25.8. The van der Waals surface area contributed by atoms with Gasteiger partial charge in [-0.3, -0.25) is 9.11 Å². The van der Waals surface area contributed by atoms with Gasteiger partial charge in [-0.05, 0) is 35.7 Å². The molecule has 3 N–H and O–H groups in total. The first-order valence-electron chi connectivity index (χ1n) is 9.56. The maximum Gasteiger partial charge on any atom is 0.295 e. The Morgan fingerprint density at radius 2 is 1.37 bits per heavy atom. The fraction of sp³-hybridized carbons (Fsp3) is 0.0476. The van der Waals surface area contributed by atoms with Crippen molar-refractivity contribution in [1.82, 2.24) is 0 Å². The van der Waals surface area contributed by atoms with E-state index in [4.69, 9.17) is 0 Å². The molecule has 0 unspecified atom stereocenters. The molecule has 0 atom stereocenters. The fourth-order valence-electron chi connectivity index (χ4n) is 3.59. The van der Waals surface area contributed by atoms with Crippen LogP contribution in [0.15, 0.2) is 85.6 Å². The molecule has 14 heteroatoms. The molecule has 0 saturated carbocycles. The van der Waals surface area contributed by atoms with Crippen LogP contribution in [0.3, 0.4) is 0 Å². The summed E-state index contributed by atoms with van der Waals surface area (Å²) in [6, 6.07) is 12.9. The Hall–Kier alpha value is -3.43. The molecule has 11 nitrogen and oxygen atoms in total. The predicted molar refractivity (Wildman–Crippen MR) is 126 cm³/mol. The van der Waals surface area contributed by atoms with Crippen molar-refractivity contribution in [3.05, 3.63) is 60.7 Å². The Labute approximate surface area is 199 Å². The van der Waals surface area contributed by atoms with Gasteiger partial charge in [-0.2, -0.15) is 16.8 Å². The average Bonchev–Trinajstić information content (AvgIpc) is 2.75. The molecule has 4 aromatic rings. The van der Waals surface area contributed by atoms with Crippen LogP contribution in [0.25, 0.3) is 21.5 Å². The van der Waals surface area contributed by atoms with Gasteiger partial charge in [0, 0.05) is 22.4 Å². The number of aromatic hydroxyl groups is 1. The first kappa shape index (κ1) is 24.7. The largest absolute Gasteiger partial charge is 0.506 e. The van der Waals surface area contributed by atoms with Crippen molar-refractivity contribution in [2.45, 2.75) is 14.7 Å². The highest BCUT2D eigenvalue weighted by Crippen LogP contribution is 2.41. The van der Waals surface area contributed by atoms with E-state index in [1.165, 1.54) is 18.2 Å². The molecule has 182 valence electrons. The molecule has 0 amide bonds. The Bertz CT molecular complexity index is 1880. The van der Waals surface area contributed by atoms with E-state index >= 15 is 0 Å². The number of rotatable bonds is 5. The lowest BCUT2D eigenvalue weighted by molar-refractivity contribution is 0.477. The highest BCUT2D eigenvalue weighted by atomic mass is 32.2. The zero-order valence-corrected chi connectivity index (χ0v) is 20.1. The average molecular weight is 537 g/mol. The van der Waals surface area contributed by atoms with E-state index in [9.17, 15) is 39.5 Å². The number of phenols is 1. The van der Waals surface area contributed by atoms with Crippen LogP contribution in [0.4, 0.5) is 11.4 Å². The SMILES string of the molecule is CS(=O)(=O)c1ccc(N=Nc2c(O)ccc3cc(S(=O)(=O)O)cc(S(=O)(=O)O)c23)c2ccccc12. The molecule has 0 aliphatic rings. The van der Waals surface area contributed by atoms with Crippen molar-refractivity contribution in [1.29, 1.82) is 0 Å². The van der Waals surface area contributed by atoms with Crippen LogP contribution < -0.4 is 0 Å². The topological polar surface area (TPSA) is 188 Å². The minimum absolute atomic E-state index is 0.0615. The molecule has 4 aromatic carbocycles. The summed E-state index contributed by atoms with van der Waals surface area (Å²) in [4.78, 5) is -1.66. The van der Waals surface area contributed by atoms with Gasteiger partial charge in [0.15, 0.2) is 9.84 Å². The quantitative estimate of drug-likeness (QED) is 0.250. The summed E-state index contributed by atoms with van der Waals surface area (Å²) in [5.41, 5.74) is -0.222. The smallest absolute Gasteiger partial charge is 0.295 e. The van der Waals surface area contributed by atoms with E-state index < -0.39 is 51.3 Å². The third kappa shape index (κ3) is 4.74. The van der Waals surface area contributed by atoms with Crippen LogP contribution in [0.2, 0.25) is 0 Å². The van der Waals surface area contributed by atoms with Crippen LogP contribution in [-0.4, -0.2) is 45.7 Å². The lowest BCUT2D eigenvalue weighted by Gasteiger charge is -2.10. The second-order valence-corrected chi connectivity index (χ2v) is 12.3. The highest BCUT2D eigenvalue weighted by molar-refractivity contribution is 7.91. The van der Waals surface area contributed by atoms with Crippen molar-refractivity contribution < 1.29 is 39.5 Å². The Morgan fingerprint density at radius 3 is 1.97 bits per heavy atom. The van der Waals surface area contributed by atoms with Gasteiger partial charge in [0.05, 0.1) is 15.5 Å². The number of benzene rings is 4. The van der Waals surface area contributed by atoms with Crippen molar-refractivity contribution in [3.8, 4) is 5.75 Å². The van der Waals surface area contributed by atoms with E-state index in [0.717, 1.165) is 18.4 Å². The normalized spacial score (nSPS) is 13.1. The summed E-state index contributed by atoms with van der Waals surface area (Å²) in [6.45, 7) is 0. The number of nitrogens with zero attached hydrogens (tertiary/aromatic N) is 2. The Balaban J connectivity index is 2.02. The maximum absolute atomic E-state index is 12.1. The number of sulfone groups is 1. The maximum atomic E-state index is 12.1. The molecule has 0 spiro atoms. The molecular weight excluding hydrogens is 520 g/mol. The number of phenolic OH excluding ortho intramolecular Hbond substituents is 1. The van der Waals surface area contributed by atoms with Crippen molar-refractivity contribution in [3.63, 3.8) is 0 Å². The van der Waals surface area contributed by atoms with Gasteiger partial charge in [-0.1, -0.05) is 30.3 Å². The van der Waals surface area contributed by atoms with Crippen LogP contribution in [0, 0.1) is 0 Å². The van der Waals surface area contributed by atoms with Gasteiger partial charge < -0.3 is 5.11 Å². The van der Waals surface area contributed by atoms with Crippen molar-refractivity contribution in [2.75, 3.05) is 6.26 Å². The summed E-state index contributed by atoms with van der Waals surface area (Å²) in [7, 11) is -13.4. The molecular formula is C21H16N2O9S3. The second-order valence-electron chi connectivity index (χ2n) is 7.50. The molecule has 0 aliphatic carbocycles. The van der Waals surface area contributed by atoms with Gasteiger partial charge in [-0.25, -0.2) is 8.42 Å². The lowest BCUT2D eigenvalue weighted by atomic mass is 10.1. The third-order valence-electron chi connectivity index (χ3n) is 5.10. The summed E-state index contributed by atoms with van der Waals surface area (Å²) < 4.78 is 90.6. The first-order valence-corrected chi connectivity index (χ1v) is 14.3. The van der Waals surface area contributed by atoms with Crippen LogP contribution >= 0.6 is 0 Å². The number of hydrogen-bond donors (Lipinski definition) is 3. The summed E-state index contributed by atoms with van der Waals surface area (Å²) >= 11 is 0. The minimum Gasteiger partial charge on any atom is -0.506 e. The Morgan fingerprint density at radius 1 is 0.714 bits per heavy atom. The number of fused-ring (bicyclic) bond motifs is 2. The standard InChI is InChI=1S/C21H16N2O9S3/c1-33(25,26)18-9-7-16(14-4-2-3-5-15(14)18)22-23-21-17(24)8-6-12-10-13(34(27,28)29)11-19(20(12)21)35(30,31)32/h2-11,24H,1H3,(H,27,28,29)(H,30,31,32). The fourth-order valence-corrected chi connectivity index (χ4v) is 5.85. The van der Waals surface area contributed by atoms with E-state index in [-0.39, 0.29) is 21.4 Å². The van der Waals surface area contributed by atoms with Gasteiger partial charge in [0.1, 0.15) is 16.3 Å². The predicted octanol–water partition coefficient (Wildman–Crippen LogP) is 4.01. The van der Waals surface area contributed by atoms with E-state index in [2.05, 4.69) is 10.2 Å². The van der Waals surface area contributed by atoms with Gasteiger partial charge in [0.2, 0.25) is 0 Å². The van der Waals surface area contributed by atoms with Crippen LogP contribution in [0.1, 0.15) is 0 Å². The molecule has 0 bridgehead atoms. The molecule has 0 aromatic heterocycles. The molecule has 0 radical (unpaired) electrons. The minimum atomic E-state index is -5.05. The molecule has 0 fully saturated rings.